The maximum atomic E-state index is 11.8. The van der Waals surface area contributed by atoms with Crippen LogP contribution in [0.25, 0.3) is 10.9 Å². The second-order valence-corrected chi connectivity index (χ2v) is 4.30. The van der Waals surface area contributed by atoms with Crippen LogP contribution in [0, 0.1) is 0 Å². The van der Waals surface area contributed by atoms with Gasteiger partial charge in [-0.3, -0.25) is 15.1 Å². The monoisotopic (exact) mass is 294 g/mol. The number of benzene rings is 1. The van der Waals surface area contributed by atoms with Crippen molar-refractivity contribution in [1.29, 1.82) is 0 Å². The third kappa shape index (κ3) is 2.31. The molecule has 1 amide bonds. The van der Waals surface area contributed by atoms with Gasteiger partial charge in [0.15, 0.2) is 5.96 Å². The number of nitrogens with zero attached hydrogens (tertiary/aromatic N) is 1. The number of hydrogen-bond acceptors (Lipinski definition) is 2. The van der Waals surface area contributed by atoms with Crippen LogP contribution in [0.2, 0.25) is 0 Å². The summed E-state index contributed by atoms with van der Waals surface area (Å²) < 4.78 is 0.933. The number of aromatic nitrogens is 1. The molecule has 0 radical (unpaired) electrons. The van der Waals surface area contributed by atoms with Crippen LogP contribution in [0.4, 0.5) is 0 Å². The number of H-pyrrole nitrogens is 1. The Kier molecular flexibility index (Phi) is 3.14. The summed E-state index contributed by atoms with van der Waals surface area (Å²) in [6.07, 6.45) is 0. The van der Waals surface area contributed by atoms with Crippen molar-refractivity contribution in [3.63, 3.8) is 0 Å². The molecule has 2 rings (SSSR count). The molecule has 4 N–H and O–H groups in total. The van der Waals surface area contributed by atoms with Crippen molar-refractivity contribution in [2.45, 2.75) is 0 Å². The van der Waals surface area contributed by atoms with Crippen molar-refractivity contribution in [1.82, 2.24) is 10.3 Å². The highest BCUT2D eigenvalue weighted by atomic mass is 79.9. The fraction of sp³-hybridized carbons (Fsp3) is 0.0909. The van der Waals surface area contributed by atoms with E-state index in [9.17, 15) is 4.79 Å². The zero-order valence-electron chi connectivity index (χ0n) is 9.12. The molecule has 0 bridgehead atoms. The van der Waals surface area contributed by atoms with Gasteiger partial charge in [0.05, 0.1) is 0 Å². The molecule has 5 nitrogen and oxygen atoms in total. The number of nitrogens with two attached hydrogens (primary N) is 1. The van der Waals surface area contributed by atoms with Gasteiger partial charge in [0.2, 0.25) is 0 Å². The van der Waals surface area contributed by atoms with Crippen LogP contribution >= 0.6 is 15.9 Å². The number of carbonyl (C=O) groups excluding carboxylic acids is 1. The molecule has 0 saturated heterocycles. The number of aromatic amines is 1. The van der Waals surface area contributed by atoms with Crippen molar-refractivity contribution >= 4 is 38.7 Å². The first-order chi connectivity index (χ1) is 8.11. The first kappa shape index (κ1) is 11.7. The number of halogens is 1. The molecule has 2 aromatic rings. The summed E-state index contributed by atoms with van der Waals surface area (Å²) in [6, 6.07) is 7.47. The predicted octanol–water partition coefficient (Wildman–Crippen LogP) is 1.60. The molecule has 0 aliphatic heterocycles. The summed E-state index contributed by atoms with van der Waals surface area (Å²) in [6.45, 7) is 0. The van der Waals surface area contributed by atoms with Gasteiger partial charge < -0.3 is 10.7 Å². The molecule has 88 valence electrons. The van der Waals surface area contributed by atoms with E-state index in [0.29, 0.717) is 5.69 Å². The van der Waals surface area contributed by atoms with Crippen LogP contribution < -0.4 is 11.1 Å². The zero-order chi connectivity index (χ0) is 12.4. The minimum atomic E-state index is -0.309. The Bertz CT molecular complexity index is 603. The lowest BCUT2D eigenvalue weighted by Crippen LogP contribution is -2.36. The largest absolute Gasteiger partial charge is 0.370 e. The molecule has 1 aromatic carbocycles. The Morgan fingerprint density at radius 2 is 2.29 bits per heavy atom. The van der Waals surface area contributed by atoms with Crippen LogP contribution in [-0.4, -0.2) is 23.9 Å². The van der Waals surface area contributed by atoms with Gasteiger partial charge in [-0.1, -0.05) is 22.0 Å². The molecule has 0 spiro atoms. The number of fused-ring (bicyclic) bond motifs is 1. The van der Waals surface area contributed by atoms with E-state index in [1.54, 1.807) is 6.07 Å². The molecule has 6 heteroatoms. The van der Waals surface area contributed by atoms with Gasteiger partial charge in [-0.05, 0) is 18.2 Å². The topological polar surface area (TPSA) is 83.3 Å². The fourth-order valence-electron chi connectivity index (χ4n) is 1.48. The average molecular weight is 295 g/mol. The van der Waals surface area contributed by atoms with Crippen LogP contribution in [0.5, 0.6) is 0 Å². The summed E-state index contributed by atoms with van der Waals surface area (Å²) >= 11 is 3.42. The molecule has 0 atom stereocenters. The maximum absolute atomic E-state index is 11.8. The van der Waals surface area contributed by atoms with Crippen molar-refractivity contribution in [3.05, 3.63) is 34.4 Å². The van der Waals surface area contributed by atoms with E-state index < -0.39 is 0 Å². The van der Waals surface area contributed by atoms with Crippen LogP contribution in [-0.2, 0) is 0 Å². The lowest BCUT2D eigenvalue weighted by molar-refractivity contribution is 0.0972. The van der Waals surface area contributed by atoms with E-state index in [0.717, 1.165) is 15.4 Å². The van der Waals surface area contributed by atoms with Crippen LogP contribution in [0.15, 0.2) is 33.7 Å². The summed E-state index contributed by atoms with van der Waals surface area (Å²) in [5.41, 5.74) is 6.76. The molecular formula is C11H11BrN4O. The Morgan fingerprint density at radius 3 is 2.94 bits per heavy atom. The molecule has 0 saturated carbocycles. The Balaban J connectivity index is 2.37. The predicted molar refractivity (Wildman–Crippen MR) is 71.0 cm³/mol. The van der Waals surface area contributed by atoms with Gasteiger partial charge in [0.1, 0.15) is 5.69 Å². The number of carbonyl (C=O) groups is 1. The maximum Gasteiger partial charge on any atom is 0.274 e. The Hall–Kier alpha value is -1.82. The second-order valence-electron chi connectivity index (χ2n) is 3.45. The number of hydrogen-bond donors (Lipinski definition) is 3. The molecule has 1 heterocycles. The van der Waals surface area contributed by atoms with Crippen molar-refractivity contribution in [2.75, 3.05) is 7.05 Å². The minimum absolute atomic E-state index is 0.0905. The van der Waals surface area contributed by atoms with Gasteiger partial charge in [0, 0.05) is 22.4 Å². The van der Waals surface area contributed by atoms with E-state index in [1.165, 1.54) is 7.05 Å². The molecule has 17 heavy (non-hydrogen) atoms. The van der Waals surface area contributed by atoms with Gasteiger partial charge in [-0.25, -0.2) is 0 Å². The molecule has 0 aliphatic rings. The third-order valence-corrected chi connectivity index (χ3v) is 3.03. The summed E-state index contributed by atoms with van der Waals surface area (Å²) in [5.74, 6) is -0.219. The van der Waals surface area contributed by atoms with Gasteiger partial charge in [-0.15, -0.1) is 0 Å². The van der Waals surface area contributed by atoms with Gasteiger partial charge in [0.25, 0.3) is 5.91 Å². The standard InChI is InChI=1S/C11H11BrN4O/c1-14-11(13)16-10(17)9-5-6-7(12)3-2-4-8(6)15-9/h2-5,15H,1H3,(H3,13,14,16,17). The number of aliphatic imine (C=N–C) groups is 1. The number of guanidine groups is 1. The van der Waals surface area contributed by atoms with Gasteiger partial charge >= 0.3 is 0 Å². The lowest BCUT2D eigenvalue weighted by atomic mass is 10.2. The highest BCUT2D eigenvalue weighted by Gasteiger charge is 2.11. The first-order valence-corrected chi connectivity index (χ1v) is 5.72. The van der Waals surface area contributed by atoms with Crippen molar-refractivity contribution in [2.24, 2.45) is 10.7 Å². The number of nitrogens with one attached hydrogen (secondary N) is 2. The van der Waals surface area contributed by atoms with Gasteiger partial charge in [-0.2, -0.15) is 0 Å². The van der Waals surface area contributed by atoms with E-state index in [4.69, 9.17) is 5.73 Å². The van der Waals surface area contributed by atoms with E-state index in [1.807, 2.05) is 18.2 Å². The molecule has 0 unspecified atom stereocenters. The van der Waals surface area contributed by atoms with Crippen LogP contribution in [0.3, 0.4) is 0 Å². The Morgan fingerprint density at radius 1 is 1.53 bits per heavy atom. The van der Waals surface area contributed by atoms with E-state index in [2.05, 4.69) is 31.2 Å². The highest BCUT2D eigenvalue weighted by molar-refractivity contribution is 9.10. The summed E-state index contributed by atoms with van der Waals surface area (Å²) in [7, 11) is 1.51. The SMILES string of the molecule is CN=C(N)NC(=O)c1cc2c(Br)cccc2[nH]1. The molecule has 0 aliphatic carbocycles. The smallest absolute Gasteiger partial charge is 0.274 e. The van der Waals surface area contributed by atoms with Crippen LogP contribution in [0.1, 0.15) is 10.5 Å². The summed E-state index contributed by atoms with van der Waals surface area (Å²) in [5, 5.41) is 3.42. The summed E-state index contributed by atoms with van der Waals surface area (Å²) in [4.78, 5) is 18.5. The molecule has 1 aromatic heterocycles. The average Bonchev–Trinajstić information content (AvgIpc) is 2.74. The van der Waals surface area contributed by atoms with E-state index in [-0.39, 0.29) is 11.9 Å². The third-order valence-electron chi connectivity index (χ3n) is 2.34. The quantitative estimate of drug-likeness (QED) is 0.551. The second kappa shape index (κ2) is 4.58. The van der Waals surface area contributed by atoms with Crippen molar-refractivity contribution < 1.29 is 4.79 Å². The van der Waals surface area contributed by atoms with E-state index >= 15 is 0 Å². The number of rotatable bonds is 1. The zero-order valence-corrected chi connectivity index (χ0v) is 10.7. The molecule has 0 fully saturated rings. The fourth-order valence-corrected chi connectivity index (χ4v) is 1.96. The van der Waals surface area contributed by atoms with Crippen molar-refractivity contribution in [3.8, 4) is 0 Å². The number of amides is 1. The highest BCUT2D eigenvalue weighted by Crippen LogP contribution is 2.24. The minimum Gasteiger partial charge on any atom is -0.370 e. The normalized spacial score (nSPS) is 11.8. The molecular weight excluding hydrogens is 284 g/mol. The first-order valence-electron chi connectivity index (χ1n) is 4.92. The lowest BCUT2D eigenvalue weighted by Gasteiger charge is -2.00. The Labute approximate surface area is 106 Å².